The van der Waals surface area contributed by atoms with Gasteiger partial charge in [0.2, 0.25) is 0 Å². The molecule has 0 unspecified atom stereocenters. The molecule has 2 heterocycles. The molecule has 0 aliphatic heterocycles. The van der Waals surface area contributed by atoms with E-state index >= 15 is 0 Å². The smallest absolute Gasteiger partial charge is 0.130 e. The molecule has 1 aromatic carbocycles. The maximum Gasteiger partial charge on any atom is 0.130 e. The summed E-state index contributed by atoms with van der Waals surface area (Å²) < 4.78 is 1.99. The van der Waals surface area contributed by atoms with Crippen molar-refractivity contribution in [3.63, 3.8) is 0 Å². The van der Waals surface area contributed by atoms with Crippen molar-refractivity contribution in [2.75, 3.05) is 0 Å². The minimum absolute atomic E-state index is 0.179. The number of hydrogen-bond acceptors (Lipinski definition) is 3. The summed E-state index contributed by atoms with van der Waals surface area (Å²) in [6, 6.07) is 6.14. The van der Waals surface area contributed by atoms with Crippen LogP contribution < -0.4 is 0 Å². The van der Waals surface area contributed by atoms with E-state index in [0.29, 0.717) is 12.8 Å². The van der Waals surface area contributed by atoms with E-state index in [9.17, 15) is 4.79 Å². The number of carbonyl (C=O) groups is 1. The molecular weight excluding hydrogens is 252 g/mol. The van der Waals surface area contributed by atoms with Gasteiger partial charge < -0.3 is 14.3 Å². The van der Waals surface area contributed by atoms with Gasteiger partial charge in [-0.15, -0.1) is 0 Å². The van der Waals surface area contributed by atoms with Crippen LogP contribution in [-0.4, -0.2) is 25.3 Å². The fraction of sp³-hybridized carbons (Fsp3) is 0.267. The number of H-pyrrole nitrogens is 1. The number of fused-ring (bicyclic) bond motifs is 1. The summed E-state index contributed by atoms with van der Waals surface area (Å²) in [5.41, 5.74) is 4.07. The van der Waals surface area contributed by atoms with Crippen molar-refractivity contribution < 1.29 is 4.79 Å². The molecule has 20 heavy (non-hydrogen) atoms. The Bertz CT molecular complexity index is 769. The van der Waals surface area contributed by atoms with Crippen LogP contribution in [0.15, 0.2) is 30.7 Å². The maximum atomic E-state index is 11.0. The summed E-state index contributed by atoms with van der Waals surface area (Å²) in [4.78, 5) is 22.9. The van der Waals surface area contributed by atoms with Crippen molar-refractivity contribution in [3.05, 3.63) is 36.5 Å². The van der Waals surface area contributed by atoms with Gasteiger partial charge in [0, 0.05) is 25.5 Å². The predicted octanol–water partition coefficient (Wildman–Crippen LogP) is 2.49. The number of aromatic amines is 1. The van der Waals surface area contributed by atoms with Gasteiger partial charge in [-0.3, -0.25) is 0 Å². The molecule has 0 fully saturated rings. The molecule has 5 nitrogen and oxygen atoms in total. The summed E-state index contributed by atoms with van der Waals surface area (Å²) in [6.07, 6.45) is 4.78. The van der Waals surface area contributed by atoms with Crippen molar-refractivity contribution in [2.45, 2.75) is 19.8 Å². The fourth-order valence-corrected chi connectivity index (χ4v) is 2.23. The third-order valence-electron chi connectivity index (χ3n) is 3.38. The Balaban J connectivity index is 1.88. The van der Waals surface area contributed by atoms with Gasteiger partial charge >= 0.3 is 0 Å². The van der Waals surface area contributed by atoms with Crippen LogP contribution >= 0.6 is 0 Å². The van der Waals surface area contributed by atoms with Crippen LogP contribution in [-0.2, 0) is 18.3 Å². The van der Waals surface area contributed by atoms with Gasteiger partial charge in [0.05, 0.1) is 29.3 Å². The maximum absolute atomic E-state index is 11.0. The van der Waals surface area contributed by atoms with E-state index in [0.717, 1.165) is 28.1 Å². The minimum Gasteiger partial charge on any atom is -0.342 e. The molecule has 0 saturated heterocycles. The second kappa shape index (κ2) is 4.92. The van der Waals surface area contributed by atoms with E-state index in [-0.39, 0.29) is 5.78 Å². The third kappa shape index (κ3) is 2.34. The van der Waals surface area contributed by atoms with Gasteiger partial charge in [-0.1, -0.05) is 6.07 Å². The van der Waals surface area contributed by atoms with Gasteiger partial charge in [0.25, 0.3) is 0 Å². The van der Waals surface area contributed by atoms with Gasteiger partial charge in [-0.05, 0) is 19.1 Å². The Labute approximate surface area is 116 Å². The van der Waals surface area contributed by atoms with Gasteiger partial charge in [0.1, 0.15) is 11.6 Å². The van der Waals surface area contributed by atoms with Crippen LogP contribution in [0.4, 0.5) is 0 Å². The number of rotatable bonds is 4. The summed E-state index contributed by atoms with van der Waals surface area (Å²) in [5.74, 6) is 1.02. The van der Waals surface area contributed by atoms with Gasteiger partial charge in [-0.2, -0.15) is 0 Å². The van der Waals surface area contributed by atoms with E-state index in [2.05, 4.69) is 15.0 Å². The molecule has 0 radical (unpaired) electrons. The van der Waals surface area contributed by atoms with Crippen molar-refractivity contribution in [3.8, 4) is 11.3 Å². The van der Waals surface area contributed by atoms with Crippen LogP contribution in [0, 0.1) is 0 Å². The molecule has 0 aliphatic rings. The first-order chi connectivity index (χ1) is 9.63. The van der Waals surface area contributed by atoms with Crippen molar-refractivity contribution in [1.82, 2.24) is 19.5 Å². The first-order valence-corrected chi connectivity index (χ1v) is 6.58. The van der Waals surface area contributed by atoms with Crippen LogP contribution in [0.2, 0.25) is 0 Å². The molecule has 0 spiro atoms. The highest BCUT2D eigenvalue weighted by atomic mass is 16.1. The Hall–Kier alpha value is -2.43. The van der Waals surface area contributed by atoms with Crippen LogP contribution in [0.3, 0.4) is 0 Å². The highest BCUT2D eigenvalue weighted by Crippen LogP contribution is 2.22. The number of nitrogens with one attached hydrogen (secondary N) is 1. The summed E-state index contributed by atoms with van der Waals surface area (Å²) >= 11 is 0. The number of ketones is 1. The van der Waals surface area contributed by atoms with Gasteiger partial charge in [0.15, 0.2) is 0 Å². The highest BCUT2D eigenvalue weighted by molar-refractivity contribution is 5.81. The van der Waals surface area contributed by atoms with E-state index in [1.807, 2.05) is 29.8 Å². The SMILES string of the molecule is CC(=O)CCc1ncc(-c2ccc3c(c2)ncn3C)[nH]1. The van der Waals surface area contributed by atoms with Crippen LogP contribution in [0.25, 0.3) is 22.3 Å². The number of aromatic nitrogens is 4. The molecule has 0 atom stereocenters. The van der Waals surface area contributed by atoms with Gasteiger partial charge in [-0.25, -0.2) is 9.97 Å². The average Bonchev–Trinajstić information content (AvgIpc) is 3.04. The van der Waals surface area contributed by atoms with Crippen molar-refractivity contribution in [1.29, 1.82) is 0 Å². The molecule has 5 heteroatoms. The Morgan fingerprint density at radius 2 is 2.20 bits per heavy atom. The summed E-state index contributed by atoms with van der Waals surface area (Å²) in [6.45, 7) is 1.60. The lowest BCUT2D eigenvalue weighted by Gasteiger charge is -1.99. The highest BCUT2D eigenvalue weighted by Gasteiger charge is 2.07. The molecule has 3 aromatic rings. The molecule has 0 bridgehead atoms. The predicted molar refractivity (Wildman–Crippen MR) is 77.3 cm³/mol. The number of hydrogen-bond donors (Lipinski definition) is 1. The average molecular weight is 268 g/mol. The topological polar surface area (TPSA) is 63.6 Å². The molecule has 102 valence electrons. The first-order valence-electron chi connectivity index (χ1n) is 6.58. The zero-order chi connectivity index (χ0) is 14.1. The molecule has 0 aliphatic carbocycles. The normalized spacial score (nSPS) is 11.1. The lowest BCUT2D eigenvalue weighted by molar-refractivity contribution is -0.117. The Morgan fingerprint density at radius 1 is 1.35 bits per heavy atom. The molecule has 1 N–H and O–H groups in total. The Morgan fingerprint density at radius 3 is 3.00 bits per heavy atom. The zero-order valence-electron chi connectivity index (χ0n) is 11.6. The monoisotopic (exact) mass is 268 g/mol. The number of imidazole rings is 2. The Kier molecular flexibility index (Phi) is 3.10. The van der Waals surface area contributed by atoms with E-state index in [4.69, 9.17) is 0 Å². The quantitative estimate of drug-likeness (QED) is 0.790. The van der Waals surface area contributed by atoms with E-state index in [1.165, 1.54) is 0 Å². The lowest BCUT2D eigenvalue weighted by Crippen LogP contribution is -1.95. The van der Waals surface area contributed by atoms with Crippen molar-refractivity contribution >= 4 is 16.8 Å². The third-order valence-corrected chi connectivity index (χ3v) is 3.38. The molecule has 0 amide bonds. The van der Waals surface area contributed by atoms with E-state index < -0.39 is 0 Å². The molecular formula is C15H16N4O. The zero-order valence-corrected chi connectivity index (χ0v) is 11.6. The largest absolute Gasteiger partial charge is 0.342 e. The summed E-state index contributed by atoms with van der Waals surface area (Å²) in [5, 5.41) is 0. The lowest BCUT2D eigenvalue weighted by atomic mass is 10.1. The van der Waals surface area contributed by atoms with E-state index in [1.54, 1.807) is 19.4 Å². The molecule has 0 saturated carbocycles. The number of benzene rings is 1. The minimum atomic E-state index is 0.179. The number of carbonyl (C=O) groups excluding carboxylic acids is 1. The van der Waals surface area contributed by atoms with Crippen molar-refractivity contribution in [2.24, 2.45) is 7.05 Å². The second-order valence-electron chi connectivity index (χ2n) is 5.00. The van der Waals surface area contributed by atoms with Crippen LogP contribution in [0.5, 0.6) is 0 Å². The second-order valence-corrected chi connectivity index (χ2v) is 5.00. The van der Waals surface area contributed by atoms with Crippen LogP contribution in [0.1, 0.15) is 19.2 Å². The summed E-state index contributed by atoms with van der Waals surface area (Å²) in [7, 11) is 1.98. The first kappa shape index (κ1) is 12.6. The number of Topliss-reactive ketones (excluding diaryl/α,β-unsaturated/α-hetero) is 1. The molecule has 3 rings (SSSR count). The fourth-order valence-electron chi connectivity index (χ4n) is 2.23. The number of aryl methyl sites for hydroxylation is 2. The molecule has 2 aromatic heterocycles. The standard InChI is InChI=1S/C15H16N4O/c1-10(20)3-6-15-16-8-13(18-15)11-4-5-14-12(7-11)17-9-19(14)2/h4-5,7-9H,3,6H2,1-2H3,(H,16,18). The number of nitrogens with zero attached hydrogens (tertiary/aromatic N) is 3.